The molecule has 0 fully saturated rings. The first-order valence-corrected chi connectivity index (χ1v) is 5.40. The Labute approximate surface area is 102 Å². The minimum absolute atomic E-state index is 0.111. The van der Waals surface area contributed by atoms with Crippen molar-refractivity contribution in [2.75, 3.05) is 6.54 Å². The number of hydrogen-bond donors (Lipinski definition) is 2. The van der Waals surface area contributed by atoms with Gasteiger partial charge in [-0.15, -0.1) is 0 Å². The van der Waals surface area contributed by atoms with E-state index < -0.39 is 23.8 Å². The number of hydrogen-bond acceptors (Lipinski definition) is 3. The zero-order valence-corrected chi connectivity index (χ0v) is 9.74. The van der Waals surface area contributed by atoms with E-state index in [0.717, 1.165) is 17.1 Å². The monoisotopic (exact) mass is 265 g/mol. The van der Waals surface area contributed by atoms with Crippen LogP contribution in [-0.2, 0) is 17.5 Å². The lowest BCUT2D eigenvalue weighted by atomic mass is 10.2. The van der Waals surface area contributed by atoms with E-state index in [1.807, 2.05) is 0 Å². The quantitative estimate of drug-likeness (QED) is 0.815. The van der Waals surface area contributed by atoms with E-state index in [1.165, 1.54) is 0 Å². The van der Waals surface area contributed by atoms with Crippen molar-refractivity contribution in [1.82, 2.24) is 15.1 Å². The summed E-state index contributed by atoms with van der Waals surface area (Å²) in [7, 11) is 0. The molecule has 18 heavy (non-hydrogen) atoms. The van der Waals surface area contributed by atoms with Gasteiger partial charge in [0.25, 0.3) is 0 Å². The molecule has 102 valence electrons. The van der Waals surface area contributed by atoms with Crippen LogP contribution in [0.25, 0.3) is 0 Å². The number of likely N-dealkylation sites (N-methyl/N-ethyl adjacent to an activating group) is 1. The molecule has 0 aliphatic heterocycles. The molecule has 1 aromatic heterocycles. The standard InChI is InChI=1S/C10H14F3N3O2/c1-2-14-8(9(17)18)3-4-16-6-7(5-15-16)10(11,12)13/h5-6,8,14H,2-4H2,1H3,(H,17,18). The molecule has 2 N–H and O–H groups in total. The summed E-state index contributed by atoms with van der Waals surface area (Å²) in [6.45, 7) is 2.34. The van der Waals surface area contributed by atoms with E-state index in [-0.39, 0.29) is 13.0 Å². The number of aryl methyl sites for hydroxylation is 1. The molecule has 1 heterocycles. The summed E-state index contributed by atoms with van der Waals surface area (Å²) in [5, 5.41) is 15.1. The van der Waals surface area contributed by atoms with Crippen LogP contribution in [-0.4, -0.2) is 33.4 Å². The number of nitrogens with zero attached hydrogens (tertiary/aromatic N) is 2. The van der Waals surface area contributed by atoms with Crippen LogP contribution in [0.2, 0.25) is 0 Å². The van der Waals surface area contributed by atoms with Crippen LogP contribution >= 0.6 is 0 Å². The van der Waals surface area contributed by atoms with Crippen molar-refractivity contribution < 1.29 is 23.1 Å². The maximum Gasteiger partial charge on any atom is 0.419 e. The van der Waals surface area contributed by atoms with Crippen molar-refractivity contribution in [2.24, 2.45) is 0 Å². The van der Waals surface area contributed by atoms with Crippen LogP contribution in [0.5, 0.6) is 0 Å². The first-order chi connectivity index (χ1) is 8.34. The molecule has 0 aromatic carbocycles. The molecule has 0 saturated heterocycles. The van der Waals surface area contributed by atoms with Gasteiger partial charge in [-0.05, 0) is 13.0 Å². The summed E-state index contributed by atoms with van der Waals surface area (Å²) in [5.41, 5.74) is -0.835. The zero-order chi connectivity index (χ0) is 13.8. The highest BCUT2D eigenvalue weighted by Gasteiger charge is 2.32. The van der Waals surface area contributed by atoms with E-state index in [2.05, 4.69) is 10.4 Å². The fourth-order valence-electron chi connectivity index (χ4n) is 1.45. The third kappa shape index (κ3) is 4.02. The molecule has 5 nitrogen and oxygen atoms in total. The summed E-state index contributed by atoms with van der Waals surface area (Å²) in [6.07, 6.45) is -2.66. The number of carbonyl (C=O) groups is 1. The first kappa shape index (κ1) is 14.5. The second-order valence-corrected chi connectivity index (χ2v) is 3.73. The van der Waals surface area contributed by atoms with Crippen molar-refractivity contribution >= 4 is 5.97 Å². The molecule has 0 saturated carbocycles. The Hall–Kier alpha value is -1.57. The molecule has 0 aliphatic carbocycles. The Balaban J connectivity index is 2.57. The molecule has 8 heteroatoms. The zero-order valence-electron chi connectivity index (χ0n) is 9.74. The maximum absolute atomic E-state index is 12.3. The number of rotatable bonds is 6. The van der Waals surface area contributed by atoms with Gasteiger partial charge in [0.1, 0.15) is 6.04 Å². The summed E-state index contributed by atoms with van der Waals surface area (Å²) in [4.78, 5) is 10.8. The van der Waals surface area contributed by atoms with E-state index >= 15 is 0 Å². The second kappa shape index (κ2) is 5.85. The summed E-state index contributed by atoms with van der Waals surface area (Å²) < 4.78 is 38.0. The Kier molecular flexibility index (Phi) is 4.71. The summed E-state index contributed by atoms with van der Waals surface area (Å²) >= 11 is 0. The molecule has 1 atom stereocenters. The number of aromatic nitrogens is 2. The molecule has 1 rings (SSSR count). The topological polar surface area (TPSA) is 67.2 Å². The third-order valence-corrected chi connectivity index (χ3v) is 2.36. The average molecular weight is 265 g/mol. The maximum atomic E-state index is 12.3. The van der Waals surface area contributed by atoms with Crippen LogP contribution in [0.1, 0.15) is 18.9 Å². The lowest BCUT2D eigenvalue weighted by molar-refractivity contribution is -0.140. The third-order valence-electron chi connectivity index (χ3n) is 2.36. The SMILES string of the molecule is CCNC(CCn1cc(C(F)(F)F)cn1)C(=O)O. The van der Waals surface area contributed by atoms with Crippen molar-refractivity contribution in [2.45, 2.75) is 32.1 Å². The number of aliphatic carboxylic acids is 1. The average Bonchev–Trinajstić information content (AvgIpc) is 2.71. The predicted molar refractivity (Wildman–Crippen MR) is 56.9 cm³/mol. The molecule has 1 aromatic rings. The first-order valence-electron chi connectivity index (χ1n) is 5.40. The summed E-state index contributed by atoms with van der Waals surface area (Å²) in [6, 6.07) is -0.784. The lowest BCUT2D eigenvalue weighted by Gasteiger charge is -2.12. The van der Waals surface area contributed by atoms with Gasteiger partial charge in [-0.1, -0.05) is 6.92 Å². The number of halogens is 3. The fraction of sp³-hybridized carbons (Fsp3) is 0.600. The van der Waals surface area contributed by atoms with Crippen LogP contribution in [0.4, 0.5) is 13.2 Å². The van der Waals surface area contributed by atoms with Crippen molar-refractivity contribution in [3.8, 4) is 0 Å². The van der Waals surface area contributed by atoms with Gasteiger partial charge in [0.15, 0.2) is 0 Å². The molecule has 0 spiro atoms. The number of carboxylic acids is 1. The number of carboxylic acid groups (broad SMARTS) is 1. The highest BCUT2D eigenvalue weighted by molar-refractivity contribution is 5.73. The molecule has 1 unspecified atom stereocenters. The summed E-state index contributed by atoms with van der Waals surface area (Å²) in [5.74, 6) is -1.03. The van der Waals surface area contributed by atoms with E-state index in [0.29, 0.717) is 6.54 Å². The van der Waals surface area contributed by atoms with Crippen LogP contribution < -0.4 is 5.32 Å². The molecular formula is C10H14F3N3O2. The lowest BCUT2D eigenvalue weighted by Crippen LogP contribution is -2.37. The minimum Gasteiger partial charge on any atom is -0.480 e. The van der Waals surface area contributed by atoms with Gasteiger partial charge in [-0.25, -0.2) is 0 Å². The van der Waals surface area contributed by atoms with E-state index in [9.17, 15) is 18.0 Å². The van der Waals surface area contributed by atoms with Gasteiger partial charge in [-0.3, -0.25) is 9.48 Å². The van der Waals surface area contributed by atoms with E-state index in [4.69, 9.17) is 5.11 Å². The van der Waals surface area contributed by atoms with Gasteiger partial charge >= 0.3 is 12.1 Å². The van der Waals surface area contributed by atoms with Gasteiger partial charge in [0.2, 0.25) is 0 Å². The van der Waals surface area contributed by atoms with E-state index in [1.54, 1.807) is 6.92 Å². The van der Waals surface area contributed by atoms with Crippen LogP contribution in [0.15, 0.2) is 12.4 Å². The van der Waals surface area contributed by atoms with Gasteiger partial charge in [0.05, 0.1) is 11.8 Å². The molecule has 0 bridgehead atoms. The van der Waals surface area contributed by atoms with Crippen molar-refractivity contribution in [3.05, 3.63) is 18.0 Å². The smallest absolute Gasteiger partial charge is 0.419 e. The Morgan fingerprint density at radius 3 is 2.72 bits per heavy atom. The fourth-order valence-corrected chi connectivity index (χ4v) is 1.45. The van der Waals surface area contributed by atoms with Gasteiger partial charge < -0.3 is 10.4 Å². The molecule has 0 aliphatic rings. The Morgan fingerprint density at radius 1 is 1.61 bits per heavy atom. The number of alkyl halides is 3. The highest BCUT2D eigenvalue weighted by atomic mass is 19.4. The largest absolute Gasteiger partial charge is 0.480 e. The minimum atomic E-state index is -4.42. The van der Waals surface area contributed by atoms with Crippen LogP contribution in [0.3, 0.4) is 0 Å². The second-order valence-electron chi connectivity index (χ2n) is 3.73. The molecule has 0 amide bonds. The highest BCUT2D eigenvalue weighted by Crippen LogP contribution is 2.28. The van der Waals surface area contributed by atoms with Crippen LogP contribution in [0, 0.1) is 0 Å². The molecular weight excluding hydrogens is 251 g/mol. The van der Waals surface area contributed by atoms with Crippen molar-refractivity contribution in [1.29, 1.82) is 0 Å². The Bertz CT molecular complexity index is 403. The van der Waals surface area contributed by atoms with Gasteiger partial charge in [0, 0.05) is 12.7 Å². The van der Waals surface area contributed by atoms with Gasteiger partial charge in [-0.2, -0.15) is 18.3 Å². The number of nitrogens with one attached hydrogen (secondary N) is 1. The normalized spacial score (nSPS) is 13.6. The molecule has 0 radical (unpaired) electrons. The predicted octanol–water partition coefficient (Wildman–Crippen LogP) is 1.35. The van der Waals surface area contributed by atoms with Crippen molar-refractivity contribution in [3.63, 3.8) is 0 Å². The Morgan fingerprint density at radius 2 is 2.28 bits per heavy atom.